The van der Waals surface area contributed by atoms with Crippen molar-refractivity contribution in [3.8, 4) is 0 Å². The Hall–Kier alpha value is -2.13. The lowest BCUT2D eigenvalue weighted by Crippen LogP contribution is -2.53. The number of para-hydroxylation sites is 1. The second-order valence-electron chi connectivity index (χ2n) is 6.60. The van der Waals surface area contributed by atoms with Gasteiger partial charge < -0.3 is 5.32 Å². The number of anilines is 1. The van der Waals surface area contributed by atoms with E-state index < -0.39 is 5.54 Å². The Labute approximate surface area is 137 Å². The Bertz CT molecular complexity index is 707. The fourth-order valence-electron chi connectivity index (χ4n) is 4.01. The first-order valence-electron chi connectivity index (χ1n) is 8.55. The molecule has 1 aliphatic carbocycles. The summed E-state index contributed by atoms with van der Waals surface area (Å²) in [4.78, 5) is 13.1. The highest BCUT2D eigenvalue weighted by Crippen LogP contribution is 2.41. The molecule has 23 heavy (non-hydrogen) atoms. The van der Waals surface area contributed by atoms with Crippen molar-refractivity contribution < 1.29 is 4.79 Å². The lowest BCUT2D eigenvalue weighted by molar-refractivity contribution is -0.120. The van der Waals surface area contributed by atoms with Gasteiger partial charge in [0.2, 0.25) is 0 Å². The Morgan fingerprint density at radius 3 is 2.39 bits per heavy atom. The molecule has 2 aliphatic rings. The number of rotatable bonds is 3. The van der Waals surface area contributed by atoms with Crippen LogP contribution in [0.5, 0.6) is 0 Å². The van der Waals surface area contributed by atoms with Crippen LogP contribution in [0, 0.1) is 0 Å². The van der Waals surface area contributed by atoms with Crippen molar-refractivity contribution >= 4 is 11.6 Å². The van der Waals surface area contributed by atoms with E-state index in [0.29, 0.717) is 6.04 Å². The highest BCUT2D eigenvalue weighted by Gasteiger charge is 2.49. The van der Waals surface area contributed by atoms with Gasteiger partial charge in [0.05, 0.1) is 0 Å². The summed E-state index contributed by atoms with van der Waals surface area (Å²) in [6, 6.07) is 18.5. The molecular weight excluding hydrogens is 284 g/mol. The van der Waals surface area contributed by atoms with Crippen molar-refractivity contribution in [2.75, 3.05) is 5.32 Å². The zero-order valence-corrected chi connectivity index (χ0v) is 13.2. The molecule has 0 radical (unpaired) electrons. The fraction of sp³-hybridized carbons (Fsp3) is 0.350. The largest absolute Gasteiger partial charge is 0.324 e. The average molecular weight is 306 g/mol. The zero-order valence-electron chi connectivity index (χ0n) is 13.2. The number of carbonyl (C=O) groups is 1. The minimum absolute atomic E-state index is 0.0375. The van der Waals surface area contributed by atoms with Crippen LogP contribution < -0.4 is 10.6 Å². The summed E-state index contributed by atoms with van der Waals surface area (Å²) in [5.74, 6) is 0.0375. The number of nitrogens with one attached hydrogen (secondary N) is 2. The summed E-state index contributed by atoms with van der Waals surface area (Å²) in [7, 11) is 0. The molecule has 1 fully saturated rings. The summed E-state index contributed by atoms with van der Waals surface area (Å²) >= 11 is 0. The molecule has 2 aromatic carbocycles. The molecule has 3 heteroatoms. The van der Waals surface area contributed by atoms with Crippen molar-refractivity contribution in [2.24, 2.45) is 0 Å². The fourth-order valence-corrected chi connectivity index (χ4v) is 4.01. The summed E-state index contributed by atoms with van der Waals surface area (Å²) in [5, 5.41) is 6.82. The lowest BCUT2D eigenvalue weighted by atomic mass is 9.81. The van der Waals surface area contributed by atoms with E-state index >= 15 is 0 Å². The van der Waals surface area contributed by atoms with Crippen LogP contribution in [0.15, 0.2) is 54.6 Å². The van der Waals surface area contributed by atoms with Gasteiger partial charge in [-0.2, -0.15) is 0 Å². The molecule has 1 aliphatic heterocycles. The Kier molecular flexibility index (Phi) is 3.66. The molecule has 2 N–H and O–H groups in total. The molecule has 1 atom stereocenters. The van der Waals surface area contributed by atoms with Gasteiger partial charge in [0.1, 0.15) is 0 Å². The first-order valence-corrected chi connectivity index (χ1v) is 8.55. The van der Waals surface area contributed by atoms with Crippen molar-refractivity contribution in [2.45, 2.75) is 43.7 Å². The van der Waals surface area contributed by atoms with Gasteiger partial charge in [0.15, 0.2) is 5.54 Å². The summed E-state index contributed by atoms with van der Waals surface area (Å²) in [6.45, 7) is 0. The van der Waals surface area contributed by atoms with Crippen LogP contribution in [0.3, 0.4) is 0 Å². The molecule has 1 heterocycles. The van der Waals surface area contributed by atoms with Gasteiger partial charge in [-0.3, -0.25) is 10.1 Å². The van der Waals surface area contributed by atoms with Crippen molar-refractivity contribution in [3.05, 3.63) is 65.7 Å². The lowest BCUT2D eigenvalue weighted by Gasteiger charge is -2.35. The predicted octanol–water partition coefficient (Wildman–Crippen LogP) is 3.80. The maximum absolute atomic E-state index is 13.1. The van der Waals surface area contributed by atoms with Crippen LogP contribution in [0.1, 0.15) is 43.2 Å². The van der Waals surface area contributed by atoms with Gasteiger partial charge in [-0.25, -0.2) is 0 Å². The molecule has 3 nitrogen and oxygen atoms in total. The van der Waals surface area contributed by atoms with E-state index in [2.05, 4.69) is 28.8 Å². The van der Waals surface area contributed by atoms with E-state index in [0.717, 1.165) is 29.7 Å². The normalized spacial score (nSPS) is 24.3. The Morgan fingerprint density at radius 1 is 0.913 bits per heavy atom. The van der Waals surface area contributed by atoms with Crippen molar-refractivity contribution in [3.63, 3.8) is 0 Å². The second-order valence-corrected chi connectivity index (χ2v) is 6.60. The van der Waals surface area contributed by atoms with Gasteiger partial charge >= 0.3 is 0 Å². The molecule has 0 aromatic heterocycles. The first-order chi connectivity index (χ1) is 11.3. The third-order valence-electron chi connectivity index (χ3n) is 5.15. The van der Waals surface area contributed by atoms with Crippen LogP contribution >= 0.6 is 0 Å². The van der Waals surface area contributed by atoms with Crippen LogP contribution in [0.2, 0.25) is 0 Å². The summed E-state index contributed by atoms with van der Waals surface area (Å²) in [6.07, 6.45) is 6.07. The SMILES string of the molecule is O=C1Nc2ccccc2[C@]1(NC1CCCCC1)c1ccccc1. The smallest absolute Gasteiger partial charge is 0.254 e. The van der Waals surface area contributed by atoms with Gasteiger partial charge in [0, 0.05) is 17.3 Å². The highest BCUT2D eigenvalue weighted by atomic mass is 16.2. The molecule has 0 saturated heterocycles. The molecule has 118 valence electrons. The molecular formula is C20H22N2O. The van der Waals surface area contributed by atoms with E-state index in [1.54, 1.807) is 0 Å². The molecule has 1 saturated carbocycles. The predicted molar refractivity (Wildman–Crippen MR) is 92.3 cm³/mol. The number of fused-ring (bicyclic) bond motifs is 1. The first kappa shape index (κ1) is 14.5. The van der Waals surface area contributed by atoms with Crippen LogP contribution in [-0.4, -0.2) is 11.9 Å². The van der Waals surface area contributed by atoms with E-state index in [1.165, 1.54) is 19.3 Å². The molecule has 1 amide bonds. The second kappa shape index (κ2) is 5.82. The van der Waals surface area contributed by atoms with E-state index in [1.807, 2.05) is 36.4 Å². The van der Waals surface area contributed by atoms with Gasteiger partial charge in [-0.1, -0.05) is 67.8 Å². The number of amides is 1. The molecule has 4 rings (SSSR count). The average Bonchev–Trinajstić information content (AvgIpc) is 2.89. The summed E-state index contributed by atoms with van der Waals surface area (Å²) < 4.78 is 0. The van der Waals surface area contributed by atoms with E-state index in [9.17, 15) is 4.79 Å². The van der Waals surface area contributed by atoms with Gasteiger partial charge in [0.25, 0.3) is 5.91 Å². The minimum atomic E-state index is -0.764. The van der Waals surface area contributed by atoms with Crippen LogP contribution in [-0.2, 0) is 10.3 Å². The zero-order chi connectivity index (χ0) is 15.7. The number of carbonyl (C=O) groups excluding carboxylic acids is 1. The molecule has 0 bridgehead atoms. The van der Waals surface area contributed by atoms with Crippen molar-refractivity contribution in [1.82, 2.24) is 5.32 Å². The number of hydrogen-bond acceptors (Lipinski definition) is 2. The minimum Gasteiger partial charge on any atom is -0.324 e. The van der Waals surface area contributed by atoms with Crippen LogP contribution in [0.25, 0.3) is 0 Å². The van der Waals surface area contributed by atoms with Gasteiger partial charge in [-0.05, 0) is 24.5 Å². The number of hydrogen-bond donors (Lipinski definition) is 2. The van der Waals surface area contributed by atoms with Crippen molar-refractivity contribution in [1.29, 1.82) is 0 Å². The van der Waals surface area contributed by atoms with Crippen LogP contribution in [0.4, 0.5) is 5.69 Å². The quantitative estimate of drug-likeness (QED) is 0.905. The maximum Gasteiger partial charge on any atom is 0.254 e. The number of benzene rings is 2. The van der Waals surface area contributed by atoms with Gasteiger partial charge in [-0.15, -0.1) is 0 Å². The molecule has 0 unspecified atom stereocenters. The molecule has 2 aromatic rings. The Morgan fingerprint density at radius 2 is 1.61 bits per heavy atom. The molecule has 0 spiro atoms. The van der Waals surface area contributed by atoms with E-state index in [4.69, 9.17) is 0 Å². The summed E-state index contributed by atoms with van der Waals surface area (Å²) in [5.41, 5.74) is 2.22. The third-order valence-corrected chi connectivity index (χ3v) is 5.15. The standard InChI is InChI=1S/C20H22N2O/c23-19-20(15-9-3-1-4-10-15,22-16-11-5-2-6-12-16)17-13-7-8-14-18(17)21-19/h1,3-4,7-10,13-14,16,22H,2,5-6,11-12H2,(H,21,23)/t20-/m1/s1. The Balaban J connectivity index is 1.83. The third kappa shape index (κ3) is 2.36. The highest BCUT2D eigenvalue weighted by molar-refractivity contribution is 6.08. The topological polar surface area (TPSA) is 41.1 Å². The monoisotopic (exact) mass is 306 g/mol. The van der Waals surface area contributed by atoms with E-state index in [-0.39, 0.29) is 5.91 Å². The maximum atomic E-state index is 13.1.